The second kappa shape index (κ2) is 16.3. The van der Waals surface area contributed by atoms with Crippen LogP contribution < -0.4 is 20.3 Å². The number of furan rings is 1. The van der Waals surface area contributed by atoms with Crippen molar-refractivity contribution in [3.63, 3.8) is 0 Å². The lowest BCUT2D eigenvalue weighted by Gasteiger charge is -2.35. The molecule has 4 aromatic rings. The van der Waals surface area contributed by atoms with Gasteiger partial charge in [-0.3, -0.25) is 19.8 Å². The van der Waals surface area contributed by atoms with Gasteiger partial charge in [0.1, 0.15) is 28.8 Å². The fourth-order valence-corrected chi connectivity index (χ4v) is 9.83. The molecule has 296 valence electrons. The SMILES string of the molecule is O=C(CCN1CCOCC1)N[C@@H]1CCN(c2c(F)cc3c4c2Oc2cc5c(cc2C4CC/C=C(/C(O)NCCCC2CCCCC2)C3=O)oc2ccccc25)C1. The molecule has 0 spiro atoms. The molecule has 2 aliphatic carbocycles. The van der Waals surface area contributed by atoms with E-state index in [9.17, 15) is 14.7 Å². The quantitative estimate of drug-likeness (QED) is 0.105. The summed E-state index contributed by atoms with van der Waals surface area (Å²) in [5, 5.41) is 19.7. The number of aliphatic hydroxyl groups excluding tert-OH is 1. The van der Waals surface area contributed by atoms with Gasteiger partial charge in [-0.15, -0.1) is 0 Å². The Morgan fingerprint density at radius 1 is 0.982 bits per heavy atom. The van der Waals surface area contributed by atoms with Gasteiger partial charge in [0.05, 0.1) is 13.2 Å². The summed E-state index contributed by atoms with van der Waals surface area (Å²) >= 11 is 0. The van der Waals surface area contributed by atoms with Gasteiger partial charge in [0.15, 0.2) is 17.3 Å². The third kappa shape index (κ3) is 7.46. The van der Waals surface area contributed by atoms with Gasteiger partial charge in [0.2, 0.25) is 5.91 Å². The Kier molecular flexibility index (Phi) is 10.8. The van der Waals surface area contributed by atoms with E-state index in [0.29, 0.717) is 87.8 Å². The van der Waals surface area contributed by atoms with Gasteiger partial charge in [-0.1, -0.05) is 56.4 Å². The minimum absolute atomic E-state index is 0.0176. The molecule has 5 aliphatic rings. The number of benzene rings is 3. The van der Waals surface area contributed by atoms with Crippen molar-refractivity contribution in [1.82, 2.24) is 15.5 Å². The lowest BCUT2D eigenvalue weighted by molar-refractivity contribution is -0.122. The molecule has 0 radical (unpaired) electrons. The van der Waals surface area contributed by atoms with Crippen LogP contribution in [-0.2, 0) is 9.53 Å². The molecule has 10 nitrogen and oxygen atoms in total. The number of aliphatic hydroxyl groups is 1. The number of fused-ring (bicyclic) bond motifs is 5. The first-order valence-electron chi connectivity index (χ1n) is 20.9. The Hall–Kier alpha value is -4.29. The Morgan fingerprint density at radius 2 is 1.82 bits per heavy atom. The molecule has 3 N–H and O–H groups in total. The predicted octanol–water partition coefficient (Wildman–Crippen LogP) is 7.55. The maximum atomic E-state index is 16.8. The fraction of sp³-hybridized carbons (Fsp3) is 0.511. The van der Waals surface area contributed by atoms with E-state index in [0.717, 1.165) is 59.4 Å². The van der Waals surface area contributed by atoms with Gasteiger partial charge in [-0.25, -0.2) is 4.39 Å². The second-order valence-electron chi connectivity index (χ2n) is 16.4. The number of ether oxygens (including phenoxy) is 2. The van der Waals surface area contributed by atoms with Gasteiger partial charge in [-0.05, 0) is 68.8 Å². The highest BCUT2D eigenvalue weighted by atomic mass is 19.1. The van der Waals surface area contributed by atoms with Crippen molar-refractivity contribution in [1.29, 1.82) is 0 Å². The van der Waals surface area contributed by atoms with E-state index in [4.69, 9.17) is 13.9 Å². The van der Waals surface area contributed by atoms with Crippen molar-refractivity contribution in [2.75, 3.05) is 57.4 Å². The fourth-order valence-electron chi connectivity index (χ4n) is 9.83. The highest BCUT2D eigenvalue weighted by Crippen LogP contribution is 2.55. The zero-order valence-corrected chi connectivity index (χ0v) is 32.1. The van der Waals surface area contributed by atoms with Crippen molar-refractivity contribution in [3.8, 4) is 11.5 Å². The normalized spacial score (nSPS) is 23.2. The standard InChI is InChI=1S/C45H53FN4O6/c46-36-24-35-41-31(12-6-13-32(43(35)52)45(53)47-17-7-10-28-8-2-1-3-9-28)34-26-38-33(30-11-4-5-14-37(30)55-38)25-39(34)56-44(41)42(36)50-19-15-29(27-50)48-40(51)16-18-49-20-22-54-23-21-49/h4-5,11,13-14,24-26,28-29,31,45,47,53H,1-3,6-10,12,15-23,27H2,(H,48,51)/b32-13+/t29-,31?,45?/m1/s1. The number of Topliss-reactive ketones (excluding diaryl/α,β-unsaturated/α-hetero) is 1. The van der Waals surface area contributed by atoms with Crippen LogP contribution in [0, 0.1) is 11.7 Å². The zero-order chi connectivity index (χ0) is 38.2. The summed E-state index contributed by atoms with van der Waals surface area (Å²) < 4.78 is 35.3. The van der Waals surface area contributed by atoms with Gasteiger partial charge in [0.25, 0.3) is 0 Å². The molecule has 2 saturated heterocycles. The summed E-state index contributed by atoms with van der Waals surface area (Å²) in [4.78, 5) is 31.8. The molecule has 9 rings (SSSR count). The number of rotatable bonds is 11. The largest absolute Gasteiger partial charge is 0.456 e. The van der Waals surface area contributed by atoms with Crippen LogP contribution in [0.25, 0.3) is 21.9 Å². The van der Waals surface area contributed by atoms with E-state index in [1.807, 2.05) is 47.4 Å². The lowest BCUT2D eigenvalue weighted by Crippen LogP contribution is -2.41. The predicted molar refractivity (Wildman–Crippen MR) is 214 cm³/mol. The number of para-hydroxylation sites is 1. The number of ketones is 1. The van der Waals surface area contributed by atoms with E-state index >= 15 is 4.39 Å². The number of allylic oxidation sites excluding steroid dienone is 1. The molecule has 2 unspecified atom stereocenters. The van der Waals surface area contributed by atoms with Crippen LogP contribution in [0.3, 0.4) is 0 Å². The number of nitrogens with one attached hydrogen (secondary N) is 2. The van der Waals surface area contributed by atoms with E-state index in [1.54, 1.807) is 0 Å². The minimum atomic E-state index is -1.16. The van der Waals surface area contributed by atoms with Crippen molar-refractivity contribution >= 4 is 39.3 Å². The lowest BCUT2D eigenvalue weighted by atomic mass is 9.77. The molecular formula is C45H53FN4O6. The van der Waals surface area contributed by atoms with Crippen LogP contribution in [-0.4, -0.2) is 86.4 Å². The van der Waals surface area contributed by atoms with Crippen molar-refractivity contribution < 1.29 is 33.0 Å². The Labute approximate surface area is 327 Å². The van der Waals surface area contributed by atoms with Gasteiger partial charge in [0, 0.05) is 84.1 Å². The molecule has 1 aromatic heterocycles. The summed E-state index contributed by atoms with van der Waals surface area (Å²) in [6, 6.07) is 13.1. The van der Waals surface area contributed by atoms with Crippen LogP contribution in [0.15, 0.2) is 58.5 Å². The smallest absolute Gasteiger partial charge is 0.221 e. The highest BCUT2D eigenvalue weighted by molar-refractivity contribution is 6.12. The third-order valence-corrected chi connectivity index (χ3v) is 12.8. The minimum Gasteiger partial charge on any atom is -0.456 e. The van der Waals surface area contributed by atoms with Gasteiger partial charge in [-0.2, -0.15) is 0 Å². The Balaban J connectivity index is 1.01. The summed E-state index contributed by atoms with van der Waals surface area (Å²) in [6.07, 6.45) is 11.4. The van der Waals surface area contributed by atoms with Crippen LogP contribution in [0.4, 0.5) is 10.1 Å². The second-order valence-corrected chi connectivity index (χ2v) is 16.4. The van der Waals surface area contributed by atoms with Crippen LogP contribution in [0.5, 0.6) is 11.5 Å². The van der Waals surface area contributed by atoms with Crippen LogP contribution in [0.1, 0.15) is 98.0 Å². The number of hydrogen-bond acceptors (Lipinski definition) is 9. The molecule has 0 bridgehead atoms. The number of nitrogens with zero attached hydrogens (tertiary/aromatic N) is 2. The number of halogens is 1. The average Bonchev–Trinajstić information content (AvgIpc) is 3.82. The molecule has 4 heterocycles. The number of morpholine rings is 1. The summed E-state index contributed by atoms with van der Waals surface area (Å²) in [6.45, 7) is 5.24. The van der Waals surface area contributed by atoms with Crippen LogP contribution >= 0.6 is 0 Å². The third-order valence-electron chi connectivity index (χ3n) is 12.8. The molecular weight excluding hydrogens is 712 g/mol. The number of carbonyl (C=O) groups excluding carboxylic acids is 2. The topological polar surface area (TPSA) is 117 Å². The molecule has 3 atom stereocenters. The van der Waals surface area contributed by atoms with Crippen molar-refractivity contribution in [2.45, 2.75) is 88.8 Å². The maximum Gasteiger partial charge on any atom is 0.221 e. The summed E-state index contributed by atoms with van der Waals surface area (Å²) in [7, 11) is 0. The van der Waals surface area contributed by atoms with Gasteiger partial charge < -0.3 is 29.2 Å². The zero-order valence-electron chi connectivity index (χ0n) is 32.1. The van der Waals surface area contributed by atoms with E-state index in [2.05, 4.69) is 15.5 Å². The molecule has 3 aliphatic heterocycles. The van der Waals surface area contributed by atoms with Crippen molar-refractivity contribution in [3.05, 3.63) is 76.6 Å². The number of hydrogen-bond donors (Lipinski definition) is 3. The monoisotopic (exact) mass is 764 g/mol. The first-order valence-corrected chi connectivity index (χ1v) is 20.9. The van der Waals surface area contributed by atoms with Crippen molar-refractivity contribution in [2.24, 2.45) is 5.92 Å². The maximum absolute atomic E-state index is 16.8. The molecule has 3 fully saturated rings. The first-order chi connectivity index (χ1) is 27.4. The van der Waals surface area contributed by atoms with Gasteiger partial charge >= 0.3 is 0 Å². The Bertz CT molecular complexity index is 2140. The number of carbonyl (C=O) groups is 2. The highest BCUT2D eigenvalue weighted by Gasteiger charge is 2.40. The molecule has 1 saturated carbocycles. The van der Waals surface area contributed by atoms with E-state index in [1.165, 1.54) is 38.2 Å². The summed E-state index contributed by atoms with van der Waals surface area (Å²) in [5.41, 5.74) is 3.79. The molecule has 56 heavy (non-hydrogen) atoms. The van der Waals surface area contributed by atoms with E-state index in [-0.39, 0.29) is 29.0 Å². The number of amides is 1. The van der Waals surface area contributed by atoms with Crippen LogP contribution in [0.2, 0.25) is 0 Å². The molecule has 11 heteroatoms. The number of anilines is 1. The summed E-state index contributed by atoms with van der Waals surface area (Å²) in [5.74, 6) is 0.445. The molecule has 3 aromatic carbocycles. The average molecular weight is 765 g/mol. The molecule has 1 amide bonds. The Morgan fingerprint density at radius 3 is 2.68 bits per heavy atom. The first kappa shape index (κ1) is 37.3. The van der Waals surface area contributed by atoms with E-state index < -0.39 is 17.8 Å².